The van der Waals surface area contributed by atoms with E-state index in [4.69, 9.17) is 16.0 Å². The Labute approximate surface area is 161 Å². The minimum atomic E-state index is -4.54. The fraction of sp³-hybridized carbons (Fsp3) is 0.235. The third-order valence-corrected chi connectivity index (χ3v) is 4.21. The SMILES string of the molecule is O=c1c(Cl)c(NC(CCO)c2ccco2)cnn1-c1ccc(C(F)(F)F)cn1. The number of furan rings is 1. The van der Waals surface area contributed by atoms with E-state index in [0.717, 1.165) is 16.8 Å². The van der Waals surface area contributed by atoms with Crippen molar-refractivity contribution in [3.8, 4) is 5.82 Å². The molecule has 2 N–H and O–H groups in total. The molecule has 0 aliphatic heterocycles. The molecule has 0 aliphatic carbocycles. The quantitative estimate of drug-likeness (QED) is 0.642. The molecule has 3 rings (SSSR count). The Balaban J connectivity index is 1.90. The number of halogens is 4. The fourth-order valence-electron chi connectivity index (χ4n) is 2.47. The predicted octanol–water partition coefficient (Wildman–Crippen LogP) is 3.43. The standard InChI is InChI=1S/C17H14ClF3N4O3/c18-15-12(24-11(5-6-26)13-2-1-7-28-13)9-23-25(16(15)27)14-4-3-10(8-22-14)17(19,20)21/h1-4,7-9,11,24,26H,5-6H2. The monoisotopic (exact) mass is 414 g/mol. The van der Waals surface area contributed by atoms with Crippen LogP contribution >= 0.6 is 11.6 Å². The van der Waals surface area contributed by atoms with Gasteiger partial charge in [-0.2, -0.15) is 23.0 Å². The van der Waals surface area contributed by atoms with Gasteiger partial charge in [-0.1, -0.05) is 11.6 Å². The zero-order valence-corrected chi connectivity index (χ0v) is 14.9. The van der Waals surface area contributed by atoms with Gasteiger partial charge in [-0.05, 0) is 30.7 Å². The number of aliphatic hydroxyl groups is 1. The van der Waals surface area contributed by atoms with E-state index in [9.17, 15) is 23.1 Å². The highest BCUT2D eigenvalue weighted by Gasteiger charge is 2.30. The van der Waals surface area contributed by atoms with Crippen molar-refractivity contribution < 1.29 is 22.7 Å². The second-order valence-electron chi connectivity index (χ2n) is 5.72. The van der Waals surface area contributed by atoms with E-state index in [1.807, 2.05) is 0 Å². The molecule has 0 amide bonds. The van der Waals surface area contributed by atoms with Crippen LogP contribution in [-0.2, 0) is 6.18 Å². The van der Waals surface area contributed by atoms with Crippen LogP contribution in [0.25, 0.3) is 5.82 Å². The molecule has 0 aromatic carbocycles. The zero-order valence-electron chi connectivity index (χ0n) is 14.2. The van der Waals surface area contributed by atoms with Crippen molar-refractivity contribution in [2.45, 2.75) is 18.6 Å². The highest BCUT2D eigenvalue weighted by molar-refractivity contribution is 6.32. The summed E-state index contributed by atoms with van der Waals surface area (Å²) in [5.74, 6) is 0.420. The van der Waals surface area contributed by atoms with Crippen LogP contribution < -0.4 is 10.9 Å². The van der Waals surface area contributed by atoms with Crippen molar-refractivity contribution in [3.05, 3.63) is 69.6 Å². The molecule has 0 radical (unpaired) electrons. The van der Waals surface area contributed by atoms with Crippen molar-refractivity contribution in [1.82, 2.24) is 14.8 Å². The summed E-state index contributed by atoms with van der Waals surface area (Å²) in [4.78, 5) is 16.1. The number of aromatic nitrogens is 3. The summed E-state index contributed by atoms with van der Waals surface area (Å²) in [7, 11) is 0. The third kappa shape index (κ3) is 4.18. The average molecular weight is 415 g/mol. The van der Waals surface area contributed by atoms with Gasteiger partial charge in [0.1, 0.15) is 10.8 Å². The first-order valence-corrected chi connectivity index (χ1v) is 8.41. The normalized spacial score (nSPS) is 12.8. The molecule has 3 aromatic rings. The maximum Gasteiger partial charge on any atom is 0.417 e. The molecule has 1 unspecified atom stereocenters. The van der Waals surface area contributed by atoms with E-state index in [1.165, 1.54) is 12.5 Å². The number of hydrogen-bond donors (Lipinski definition) is 2. The minimum absolute atomic E-state index is 0.107. The molecule has 11 heteroatoms. The molecular formula is C17H14ClF3N4O3. The van der Waals surface area contributed by atoms with Crippen LogP contribution in [0.1, 0.15) is 23.8 Å². The van der Waals surface area contributed by atoms with Gasteiger partial charge >= 0.3 is 6.18 Å². The Bertz CT molecular complexity index is 988. The summed E-state index contributed by atoms with van der Waals surface area (Å²) in [6.45, 7) is -0.143. The Morgan fingerprint density at radius 2 is 2.07 bits per heavy atom. The molecule has 148 valence electrons. The number of nitrogens with one attached hydrogen (secondary N) is 1. The Hall–Kier alpha value is -2.85. The summed E-state index contributed by atoms with van der Waals surface area (Å²) in [6, 6.07) is 4.74. The number of aliphatic hydroxyl groups excluding tert-OH is 1. The van der Waals surface area contributed by atoms with Gasteiger partial charge in [0, 0.05) is 12.8 Å². The molecule has 0 fully saturated rings. The Morgan fingerprint density at radius 1 is 1.29 bits per heavy atom. The number of nitrogens with zero attached hydrogens (tertiary/aromatic N) is 3. The minimum Gasteiger partial charge on any atom is -0.467 e. The van der Waals surface area contributed by atoms with Crippen LogP contribution in [0.3, 0.4) is 0 Å². The third-order valence-electron chi connectivity index (χ3n) is 3.85. The summed E-state index contributed by atoms with van der Waals surface area (Å²) in [6.07, 6.45) is -0.931. The van der Waals surface area contributed by atoms with Crippen molar-refractivity contribution in [2.75, 3.05) is 11.9 Å². The van der Waals surface area contributed by atoms with Gasteiger partial charge in [0.2, 0.25) is 0 Å². The van der Waals surface area contributed by atoms with E-state index >= 15 is 0 Å². The highest BCUT2D eigenvalue weighted by atomic mass is 35.5. The topological polar surface area (TPSA) is 93.2 Å². The Kier molecular flexibility index (Phi) is 5.71. The molecular weight excluding hydrogens is 401 g/mol. The van der Waals surface area contributed by atoms with Crippen LogP contribution in [0.2, 0.25) is 5.02 Å². The lowest BCUT2D eigenvalue weighted by molar-refractivity contribution is -0.137. The van der Waals surface area contributed by atoms with Crippen molar-refractivity contribution in [1.29, 1.82) is 0 Å². The van der Waals surface area contributed by atoms with Crippen LogP contribution in [0, 0.1) is 0 Å². The van der Waals surface area contributed by atoms with Crippen molar-refractivity contribution in [2.24, 2.45) is 0 Å². The molecule has 3 aromatic heterocycles. The van der Waals surface area contributed by atoms with E-state index in [-0.39, 0.29) is 29.6 Å². The molecule has 0 aliphatic rings. The lowest BCUT2D eigenvalue weighted by atomic mass is 10.1. The van der Waals surface area contributed by atoms with Gasteiger partial charge in [0.05, 0.1) is 29.8 Å². The van der Waals surface area contributed by atoms with Gasteiger partial charge in [-0.3, -0.25) is 4.79 Å². The summed E-state index contributed by atoms with van der Waals surface area (Å²) in [5, 5.41) is 15.9. The average Bonchev–Trinajstić information content (AvgIpc) is 3.19. The number of rotatable bonds is 6. The summed E-state index contributed by atoms with van der Waals surface area (Å²) >= 11 is 6.12. The van der Waals surface area contributed by atoms with Gasteiger partial charge < -0.3 is 14.8 Å². The maximum atomic E-state index is 12.6. The summed E-state index contributed by atoms with van der Waals surface area (Å²) < 4.78 is 44.0. The lowest BCUT2D eigenvalue weighted by Crippen LogP contribution is -2.24. The largest absolute Gasteiger partial charge is 0.467 e. The molecule has 0 saturated heterocycles. The molecule has 7 nitrogen and oxygen atoms in total. The van der Waals surface area contributed by atoms with Gasteiger partial charge in [-0.25, -0.2) is 4.98 Å². The lowest BCUT2D eigenvalue weighted by Gasteiger charge is -2.17. The van der Waals surface area contributed by atoms with E-state index in [0.29, 0.717) is 12.0 Å². The number of alkyl halides is 3. The Morgan fingerprint density at radius 3 is 2.64 bits per heavy atom. The smallest absolute Gasteiger partial charge is 0.417 e. The second kappa shape index (κ2) is 8.03. The van der Waals surface area contributed by atoms with Crippen molar-refractivity contribution >= 4 is 17.3 Å². The number of anilines is 1. The molecule has 0 saturated carbocycles. The predicted molar refractivity (Wildman–Crippen MR) is 94.4 cm³/mol. The van der Waals surface area contributed by atoms with Crippen LogP contribution in [0.15, 0.2) is 52.1 Å². The number of hydrogen-bond acceptors (Lipinski definition) is 6. The van der Waals surface area contributed by atoms with E-state index in [1.54, 1.807) is 12.1 Å². The molecule has 1 atom stereocenters. The zero-order chi connectivity index (χ0) is 20.3. The van der Waals surface area contributed by atoms with Crippen LogP contribution in [0.5, 0.6) is 0 Å². The molecule has 0 bridgehead atoms. The van der Waals surface area contributed by atoms with Gasteiger partial charge in [0.15, 0.2) is 5.82 Å². The maximum absolute atomic E-state index is 12.6. The molecule has 0 spiro atoms. The highest BCUT2D eigenvalue weighted by Crippen LogP contribution is 2.29. The first kappa shape index (κ1) is 19.9. The van der Waals surface area contributed by atoms with Crippen LogP contribution in [-0.4, -0.2) is 26.5 Å². The van der Waals surface area contributed by atoms with Gasteiger partial charge in [0.25, 0.3) is 5.56 Å². The first-order chi connectivity index (χ1) is 13.3. The molecule has 3 heterocycles. The van der Waals surface area contributed by atoms with Crippen LogP contribution in [0.4, 0.5) is 18.9 Å². The van der Waals surface area contributed by atoms with E-state index in [2.05, 4.69) is 15.4 Å². The summed E-state index contributed by atoms with van der Waals surface area (Å²) in [5.41, 5.74) is -1.52. The fourth-order valence-corrected chi connectivity index (χ4v) is 2.65. The first-order valence-electron chi connectivity index (χ1n) is 8.03. The van der Waals surface area contributed by atoms with E-state index < -0.39 is 23.3 Å². The molecule has 28 heavy (non-hydrogen) atoms. The number of pyridine rings is 1. The van der Waals surface area contributed by atoms with Gasteiger partial charge in [-0.15, -0.1) is 0 Å². The van der Waals surface area contributed by atoms with Crippen molar-refractivity contribution in [3.63, 3.8) is 0 Å². The second-order valence-corrected chi connectivity index (χ2v) is 6.09.